The molecule has 2 atom stereocenters. The molecular formula is C19H22F2N4O3S. The van der Waals surface area contributed by atoms with E-state index < -0.39 is 22.0 Å². The highest BCUT2D eigenvalue weighted by Crippen LogP contribution is 2.44. The van der Waals surface area contributed by atoms with Crippen molar-refractivity contribution in [1.29, 1.82) is 0 Å². The molecule has 2 heterocycles. The number of halogens is 2. The summed E-state index contributed by atoms with van der Waals surface area (Å²) in [5.74, 6) is -2.85. The summed E-state index contributed by atoms with van der Waals surface area (Å²) in [6, 6.07) is 6.76. The Balaban J connectivity index is 1.77. The highest BCUT2D eigenvalue weighted by atomic mass is 32.2. The number of hydrogen-bond acceptors (Lipinski definition) is 6. The predicted octanol–water partition coefficient (Wildman–Crippen LogP) is 1.80. The van der Waals surface area contributed by atoms with Crippen molar-refractivity contribution in [2.45, 2.75) is 44.4 Å². The van der Waals surface area contributed by atoms with Gasteiger partial charge in [0.15, 0.2) is 0 Å². The first-order valence-corrected chi connectivity index (χ1v) is 11.2. The minimum atomic E-state index is -3.36. The van der Waals surface area contributed by atoms with Gasteiger partial charge in [-0.2, -0.15) is 8.78 Å². The highest BCUT2D eigenvalue weighted by Gasteiger charge is 2.45. The normalized spacial score (nSPS) is 23.0. The smallest absolute Gasteiger partial charge is 0.290 e. The van der Waals surface area contributed by atoms with Crippen LogP contribution in [-0.4, -0.2) is 48.4 Å². The number of benzene rings is 1. The number of anilines is 1. The van der Waals surface area contributed by atoms with Crippen LogP contribution in [0.3, 0.4) is 0 Å². The molecule has 0 saturated carbocycles. The van der Waals surface area contributed by atoms with Gasteiger partial charge in [-0.15, -0.1) is 0 Å². The molecule has 2 aliphatic rings. The molecule has 2 aromatic rings. The third-order valence-electron chi connectivity index (χ3n) is 5.46. The SMILES string of the molecule is C[C@H]1[C@H](O)CN1c1nc(-c2cccc(CNS(C)(=O)=O)c2)c2c(n1)C(F)(F)CC2. The lowest BCUT2D eigenvalue weighted by molar-refractivity contribution is -0.00603. The molecule has 1 aliphatic heterocycles. The Kier molecular flexibility index (Phi) is 4.83. The number of fused-ring (bicyclic) bond motifs is 1. The first-order valence-electron chi connectivity index (χ1n) is 9.33. The molecule has 1 fully saturated rings. The van der Waals surface area contributed by atoms with Gasteiger partial charge in [0.25, 0.3) is 5.92 Å². The molecule has 10 heteroatoms. The summed E-state index contributed by atoms with van der Waals surface area (Å²) in [5, 5.41) is 9.79. The minimum absolute atomic E-state index is 0.0956. The third-order valence-corrected chi connectivity index (χ3v) is 6.13. The monoisotopic (exact) mass is 424 g/mol. The first kappa shape index (κ1) is 20.1. The number of β-amino-alcohol motifs (C(OH)–C–C–N with tert-alkyl or cyclic N) is 1. The van der Waals surface area contributed by atoms with E-state index in [1.807, 2.05) is 0 Å². The summed E-state index contributed by atoms with van der Waals surface area (Å²) < 4.78 is 54.1. The number of aromatic nitrogens is 2. The zero-order chi connectivity index (χ0) is 21.0. The van der Waals surface area contributed by atoms with Crippen LogP contribution in [-0.2, 0) is 28.9 Å². The molecule has 0 radical (unpaired) electrons. The Labute approximate surface area is 167 Å². The van der Waals surface area contributed by atoms with Crippen molar-refractivity contribution in [1.82, 2.24) is 14.7 Å². The fraction of sp³-hybridized carbons (Fsp3) is 0.474. The van der Waals surface area contributed by atoms with E-state index in [2.05, 4.69) is 14.7 Å². The van der Waals surface area contributed by atoms with Gasteiger partial charge >= 0.3 is 0 Å². The molecule has 0 amide bonds. The highest BCUT2D eigenvalue weighted by molar-refractivity contribution is 7.88. The maximum absolute atomic E-state index is 14.5. The van der Waals surface area contributed by atoms with E-state index >= 15 is 0 Å². The number of rotatable bonds is 5. The summed E-state index contributed by atoms with van der Waals surface area (Å²) in [7, 11) is -3.36. The first-order chi connectivity index (χ1) is 13.5. The van der Waals surface area contributed by atoms with E-state index in [0.29, 0.717) is 28.9 Å². The Hall–Kier alpha value is -2.17. The van der Waals surface area contributed by atoms with Crippen LogP contribution in [0.2, 0.25) is 0 Å². The van der Waals surface area contributed by atoms with Crippen LogP contribution < -0.4 is 9.62 Å². The van der Waals surface area contributed by atoms with Gasteiger partial charge in [0.05, 0.1) is 24.1 Å². The molecule has 1 aromatic carbocycles. The molecule has 1 saturated heterocycles. The molecule has 156 valence electrons. The van der Waals surface area contributed by atoms with Crippen LogP contribution in [0.25, 0.3) is 11.3 Å². The molecule has 0 bridgehead atoms. The maximum Gasteiger partial charge on any atom is 0.290 e. The van der Waals surface area contributed by atoms with Crippen molar-refractivity contribution in [3.8, 4) is 11.3 Å². The lowest BCUT2D eigenvalue weighted by atomic mass is 10.0. The van der Waals surface area contributed by atoms with Crippen LogP contribution in [0.15, 0.2) is 24.3 Å². The van der Waals surface area contributed by atoms with Gasteiger partial charge in [-0.1, -0.05) is 18.2 Å². The van der Waals surface area contributed by atoms with Crippen molar-refractivity contribution >= 4 is 16.0 Å². The fourth-order valence-electron chi connectivity index (χ4n) is 3.68. The van der Waals surface area contributed by atoms with Crippen LogP contribution in [0.4, 0.5) is 14.7 Å². The number of hydrogen-bond donors (Lipinski definition) is 2. The van der Waals surface area contributed by atoms with E-state index in [4.69, 9.17) is 0 Å². The van der Waals surface area contributed by atoms with Crippen molar-refractivity contribution < 1.29 is 22.3 Å². The van der Waals surface area contributed by atoms with E-state index in [-0.39, 0.29) is 37.1 Å². The average molecular weight is 424 g/mol. The Bertz CT molecular complexity index is 1060. The summed E-state index contributed by atoms with van der Waals surface area (Å²) in [6.45, 7) is 2.18. The molecule has 7 nitrogen and oxygen atoms in total. The van der Waals surface area contributed by atoms with Crippen molar-refractivity contribution in [3.63, 3.8) is 0 Å². The number of aliphatic hydroxyl groups is 1. The molecule has 4 rings (SSSR count). The zero-order valence-corrected chi connectivity index (χ0v) is 16.9. The second-order valence-electron chi connectivity index (χ2n) is 7.66. The van der Waals surface area contributed by atoms with Crippen LogP contribution in [0, 0.1) is 0 Å². The predicted molar refractivity (Wildman–Crippen MR) is 104 cm³/mol. The summed E-state index contributed by atoms with van der Waals surface area (Å²) in [4.78, 5) is 10.4. The topological polar surface area (TPSA) is 95.4 Å². The Morgan fingerprint density at radius 2 is 2.10 bits per heavy atom. The average Bonchev–Trinajstić information content (AvgIpc) is 2.98. The number of alkyl halides is 2. The minimum Gasteiger partial charge on any atom is -0.389 e. The lowest BCUT2D eigenvalue weighted by Gasteiger charge is -2.43. The van der Waals surface area contributed by atoms with Crippen molar-refractivity contribution in [3.05, 3.63) is 41.1 Å². The molecule has 2 N–H and O–H groups in total. The van der Waals surface area contributed by atoms with Crippen LogP contribution in [0.1, 0.15) is 30.2 Å². The summed E-state index contributed by atoms with van der Waals surface area (Å²) >= 11 is 0. The van der Waals surface area contributed by atoms with Gasteiger partial charge in [-0.25, -0.2) is 23.1 Å². The van der Waals surface area contributed by atoms with Gasteiger partial charge in [0, 0.05) is 30.6 Å². The second-order valence-corrected chi connectivity index (χ2v) is 9.49. The molecule has 29 heavy (non-hydrogen) atoms. The second kappa shape index (κ2) is 6.96. The number of aliphatic hydroxyl groups excluding tert-OH is 1. The van der Waals surface area contributed by atoms with Gasteiger partial charge in [-0.05, 0) is 25.0 Å². The fourth-order valence-corrected chi connectivity index (χ4v) is 4.10. The molecular weight excluding hydrogens is 402 g/mol. The van der Waals surface area contributed by atoms with Gasteiger partial charge in [0.2, 0.25) is 16.0 Å². The summed E-state index contributed by atoms with van der Waals surface area (Å²) in [6.07, 6.45) is 0.384. The maximum atomic E-state index is 14.5. The number of nitrogens with one attached hydrogen (secondary N) is 1. The van der Waals surface area contributed by atoms with E-state index in [1.54, 1.807) is 36.1 Å². The van der Waals surface area contributed by atoms with Gasteiger partial charge in [-0.3, -0.25) is 0 Å². The Morgan fingerprint density at radius 1 is 1.34 bits per heavy atom. The van der Waals surface area contributed by atoms with E-state index in [0.717, 1.165) is 6.26 Å². The number of nitrogens with zero attached hydrogens (tertiary/aromatic N) is 3. The third kappa shape index (κ3) is 3.84. The molecule has 0 unspecified atom stereocenters. The van der Waals surface area contributed by atoms with Crippen LogP contribution in [0.5, 0.6) is 0 Å². The molecule has 1 aromatic heterocycles. The zero-order valence-electron chi connectivity index (χ0n) is 16.1. The van der Waals surface area contributed by atoms with Crippen molar-refractivity contribution in [2.24, 2.45) is 0 Å². The van der Waals surface area contributed by atoms with Gasteiger partial charge < -0.3 is 10.0 Å². The van der Waals surface area contributed by atoms with E-state index in [9.17, 15) is 22.3 Å². The quantitative estimate of drug-likeness (QED) is 0.760. The van der Waals surface area contributed by atoms with Gasteiger partial charge in [0.1, 0.15) is 5.69 Å². The molecule has 0 spiro atoms. The van der Waals surface area contributed by atoms with E-state index in [1.165, 1.54) is 0 Å². The van der Waals surface area contributed by atoms with Crippen molar-refractivity contribution in [2.75, 3.05) is 17.7 Å². The number of sulfonamides is 1. The van der Waals surface area contributed by atoms with Crippen LogP contribution >= 0.6 is 0 Å². The Morgan fingerprint density at radius 3 is 2.76 bits per heavy atom. The standard InChI is InChI=1S/C19H22F2N4O3S/c1-11-15(26)10-25(11)18-23-16(14-6-7-19(20,21)17(14)24-18)13-5-3-4-12(8-13)9-22-29(2,27)28/h3-5,8,11,15,22,26H,6-7,9-10H2,1-2H3/t11-,15+/m0/s1. The lowest BCUT2D eigenvalue weighted by Crippen LogP contribution is -2.59. The largest absolute Gasteiger partial charge is 0.389 e. The summed E-state index contributed by atoms with van der Waals surface area (Å²) in [5.41, 5.74) is 1.91. The molecule has 1 aliphatic carbocycles.